The van der Waals surface area contributed by atoms with E-state index in [4.69, 9.17) is 9.47 Å². The monoisotopic (exact) mass is 304 g/mol. The molecule has 5 heteroatoms. The van der Waals surface area contributed by atoms with Crippen LogP contribution in [0.1, 0.15) is 52.4 Å². The number of ether oxygens (including phenoxy) is 2. The molecule has 0 amide bonds. The molecule has 0 aliphatic heterocycles. The lowest BCUT2D eigenvalue weighted by Gasteiger charge is -2.14. The number of halogens is 3. The number of benzene rings is 1. The maximum Gasteiger partial charge on any atom is 0.204 e. The lowest BCUT2D eigenvalue weighted by atomic mass is 10.2. The lowest BCUT2D eigenvalue weighted by molar-refractivity contribution is 0.236. The summed E-state index contributed by atoms with van der Waals surface area (Å²) in [6.07, 6.45) is 5.23. The van der Waals surface area contributed by atoms with E-state index >= 15 is 0 Å². The van der Waals surface area contributed by atoms with Crippen molar-refractivity contribution in [1.29, 1.82) is 0 Å². The summed E-state index contributed by atoms with van der Waals surface area (Å²) in [7, 11) is 0. The van der Waals surface area contributed by atoms with Gasteiger partial charge in [-0.05, 0) is 12.8 Å². The zero-order chi connectivity index (χ0) is 15.7. The highest BCUT2D eigenvalue weighted by Gasteiger charge is 2.21. The Hall–Kier alpha value is -1.39. The number of hydrogen-bond acceptors (Lipinski definition) is 2. The minimum absolute atomic E-state index is 0.207. The van der Waals surface area contributed by atoms with Crippen molar-refractivity contribution in [2.45, 2.75) is 52.4 Å². The normalized spacial score (nSPS) is 10.7. The Bertz CT molecular complexity index is 436. The summed E-state index contributed by atoms with van der Waals surface area (Å²) in [5.41, 5.74) is 0. The molecule has 2 nitrogen and oxygen atoms in total. The molecular weight excluding hydrogens is 281 g/mol. The van der Waals surface area contributed by atoms with Crippen LogP contribution in [0.25, 0.3) is 0 Å². The zero-order valence-corrected chi connectivity index (χ0v) is 12.7. The molecule has 1 rings (SSSR count). The fourth-order valence-corrected chi connectivity index (χ4v) is 1.87. The van der Waals surface area contributed by atoms with Crippen molar-refractivity contribution in [3.8, 4) is 11.5 Å². The molecule has 0 aliphatic rings. The number of rotatable bonds is 10. The first-order chi connectivity index (χ1) is 10.1. The van der Waals surface area contributed by atoms with Crippen LogP contribution in [-0.4, -0.2) is 13.2 Å². The summed E-state index contributed by atoms with van der Waals surface area (Å²) < 4.78 is 51.3. The van der Waals surface area contributed by atoms with Crippen molar-refractivity contribution >= 4 is 0 Å². The fraction of sp³-hybridized carbons (Fsp3) is 0.625. The van der Waals surface area contributed by atoms with E-state index in [9.17, 15) is 13.2 Å². The van der Waals surface area contributed by atoms with Crippen LogP contribution in [0.4, 0.5) is 13.2 Å². The van der Waals surface area contributed by atoms with E-state index in [1.165, 1.54) is 0 Å². The second-order valence-electron chi connectivity index (χ2n) is 4.92. The van der Waals surface area contributed by atoms with Gasteiger partial charge in [-0.2, -0.15) is 4.39 Å². The maximum atomic E-state index is 13.8. The molecule has 0 aromatic heterocycles. The summed E-state index contributed by atoms with van der Waals surface area (Å²) in [6, 6.07) is 0.489. The Labute approximate surface area is 124 Å². The van der Waals surface area contributed by atoms with Crippen LogP contribution >= 0.6 is 0 Å². The van der Waals surface area contributed by atoms with E-state index in [2.05, 4.69) is 0 Å². The number of unbranched alkanes of at least 4 members (excludes halogenated alkanes) is 4. The minimum Gasteiger partial charge on any atom is -0.487 e. The third-order valence-corrected chi connectivity index (χ3v) is 3.07. The number of hydrogen-bond donors (Lipinski definition) is 0. The van der Waals surface area contributed by atoms with Crippen LogP contribution in [0.2, 0.25) is 0 Å². The molecule has 0 bridgehead atoms. The Morgan fingerprint density at radius 3 is 1.81 bits per heavy atom. The first-order valence-electron chi connectivity index (χ1n) is 7.54. The summed E-state index contributed by atoms with van der Waals surface area (Å²) in [5.74, 6) is -4.19. The van der Waals surface area contributed by atoms with Crippen molar-refractivity contribution in [3.63, 3.8) is 0 Å². The highest BCUT2D eigenvalue weighted by Crippen LogP contribution is 2.35. The maximum absolute atomic E-state index is 13.8. The molecule has 0 saturated carbocycles. The van der Waals surface area contributed by atoms with Gasteiger partial charge in [-0.25, -0.2) is 8.78 Å². The van der Waals surface area contributed by atoms with Gasteiger partial charge in [0.1, 0.15) is 0 Å². The molecule has 0 radical (unpaired) electrons. The summed E-state index contributed by atoms with van der Waals surface area (Å²) >= 11 is 0. The van der Waals surface area contributed by atoms with Crippen molar-refractivity contribution < 1.29 is 22.6 Å². The Morgan fingerprint density at radius 2 is 1.29 bits per heavy atom. The molecule has 1 aromatic carbocycles. The topological polar surface area (TPSA) is 18.5 Å². The second kappa shape index (κ2) is 9.53. The van der Waals surface area contributed by atoms with Gasteiger partial charge >= 0.3 is 0 Å². The fourth-order valence-electron chi connectivity index (χ4n) is 1.87. The highest BCUT2D eigenvalue weighted by molar-refractivity contribution is 5.43. The molecular formula is C16H23F3O2. The first kappa shape index (κ1) is 17.7. The van der Waals surface area contributed by atoms with E-state index in [1.807, 2.05) is 13.8 Å². The van der Waals surface area contributed by atoms with Gasteiger partial charge in [0, 0.05) is 6.07 Å². The minimum atomic E-state index is -1.26. The van der Waals surface area contributed by atoms with Gasteiger partial charge in [0.15, 0.2) is 17.4 Å². The quantitative estimate of drug-likeness (QED) is 0.434. The van der Waals surface area contributed by atoms with Gasteiger partial charge in [0.05, 0.1) is 13.2 Å². The van der Waals surface area contributed by atoms with E-state index in [0.29, 0.717) is 12.5 Å². The van der Waals surface area contributed by atoms with Crippen LogP contribution in [0.3, 0.4) is 0 Å². The van der Waals surface area contributed by atoms with Gasteiger partial charge < -0.3 is 9.47 Å². The zero-order valence-electron chi connectivity index (χ0n) is 12.7. The largest absolute Gasteiger partial charge is 0.487 e. The van der Waals surface area contributed by atoms with Crippen LogP contribution in [-0.2, 0) is 0 Å². The van der Waals surface area contributed by atoms with Crippen molar-refractivity contribution in [2.24, 2.45) is 0 Å². The van der Waals surface area contributed by atoms with Gasteiger partial charge in [-0.15, -0.1) is 0 Å². The third kappa shape index (κ3) is 5.48. The first-order valence-corrected chi connectivity index (χ1v) is 7.54. The third-order valence-electron chi connectivity index (χ3n) is 3.07. The van der Waals surface area contributed by atoms with Gasteiger partial charge in [-0.3, -0.25) is 0 Å². The summed E-state index contributed by atoms with van der Waals surface area (Å²) in [4.78, 5) is 0. The van der Waals surface area contributed by atoms with Gasteiger partial charge in [0.25, 0.3) is 0 Å². The molecule has 0 unspecified atom stereocenters. The average molecular weight is 304 g/mol. The molecule has 0 aliphatic carbocycles. The van der Waals surface area contributed by atoms with E-state index < -0.39 is 23.2 Å². The van der Waals surface area contributed by atoms with Crippen LogP contribution in [0.5, 0.6) is 11.5 Å². The second-order valence-corrected chi connectivity index (χ2v) is 4.92. The molecule has 0 fully saturated rings. The molecule has 0 spiro atoms. The smallest absolute Gasteiger partial charge is 0.204 e. The highest BCUT2D eigenvalue weighted by atomic mass is 19.2. The van der Waals surface area contributed by atoms with Crippen LogP contribution in [0, 0.1) is 17.5 Å². The Kier molecular flexibility index (Phi) is 8.01. The summed E-state index contributed by atoms with van der Waals surface area (Å²) in [5, 5.41) is 0. The van der Waals surface area contributed by atoms with E-state index in [0.717, 1.165) is 32.1 Å². The van der Waals surface area contributed by atoms with Crippen molar-refractivity contribution in [1.82, 2.24) is 0 Å². The molecule has 0 saturated heterocycles. The molecule has 21 heavy (non-hydrogen) atoms. The predicted octanol–water partition coefficient (Wildman–Crippen LogP) is 5.24. The van der Waals surface area contributed by atoms with Crippen molar-refractivity contribution in [3.05, 3.63) is 23.5 Å². The molecule has 0 heterocycles. The predicted molar refractivity (Wildman–Crippen MR) is 76.4 cm³/mol. The Morgan fingerprint density at radius 1 is 0.762 bits per heavy atom. The average Bonchev–Trinajstić information content (AvgIpc) is 2.46. The molecule has 0 N–H and O–H groups in total. The van der Waals surface area contributed by atoms with Crippen molar-refractivity contribution in [2.75, 3.05) is 13.2 Å². The van der Waals surface area contributed by atoms with Crippen LogP contribution < -0.4 is 9.47 Å². The van der Waals surface area contributed by atoms with Gasteiger partial charge in [0.2, 0.25) is 11.6 Å². The van der Waals surface area contributed by atoms with Crippen LogP contribution in [0.15, 0.2) is 6.07 Å². The van der Waals surface area contributed by atoms with Gasteiger partial charge in [-0.1, -0.05) is 39.5 Å². The molecule has 120 valence electrons. The standard InChI is InChI=1S/C16H23F3O2/c1-3-5-7-9-20-15-13(18)11-12(17)14(19)16(15)21-10-8-6-4-2/h11H,3-10H2,1-2H3. The molecule has 1 aromatic rings. The van der Waals surface area contributed by atoms with E-state index in [-0.39, 0.29) is 19.0 Å². The summed E-state index contributed by atoms with van der Waals surface area (Å²) in [6.45, 7) is 4.51. The molecule has 0 atom stereocenters. The Balaban J connectivity index is 2.79. The van der Waals surface area contributed by atoms with E-state index in [1.54, 1.807) is 0 Å². The SMILES string of the molecule is CCCCCOc1c(F)cc(F)c(F)c1OCCCCC. The lowest BCUT2D eigenvalue weighted by Crippen LogP contribution is -2.07.